The first-order chi connectivity index (χ1) is 9.74. The molecule has 1 aromatic carbocycles. The van der Waals surface area contributed by atoms with Gasteiger partial charge in [-0.15, -0.1) is 0 Å². The smallest absolute Gasteiger partial charge is 0.216 e. The Balaban J connectivity index is 1.88. The summed E-state index contributed by atoms with van der Waals surface area (Å²) in [5.41, 5.74) is 0.941. The number of H-pyrrole nitrogens is 1. The molecular formula is C13H13ClN4OS. The Morgan fingerprint density at radius 2 is 2.25 bits per heavy atom. The Bertz CT molecular complexity index is 670. The molecule has 20 heavy (non-hydrogen) atoms. The van der Waals surface area contributed by atoms with Crippen LogP contribution in [0.25, 0.3) is 0 Å². The number of hydrogen-bond acceptors (Lipinski definition) is 4. The van der Waals surface area contributed by atoms with E-state index in [1.54, 1.807) is 10.9 Å². The summed E-state index contributed by atoms with van der Waals surface area (Å²) in [6.45, 7) is 0.755. The van der Waals surface area contributed by atoms with Crippen molar-refractivity contribution in [2.45, 2.75) is 18.9 Å². The van der Waals surface area contributed by atoms with Gasteiger partial charge in [0, 0.05) is 11.6 Å². The first-order valence-corrected chi connectivity index (χ1v) is 7.11. The van der Waals surface area contributed by atoms with Crippen LogP contribution < -0.4 is 0 Å². The summed E-state index contributed by atoms with van der Waals surface area (Å²) >= 11 is 11.0. The van der Waals surface area contributed by atoms with Crippen molar-refractivity contribution in [2.75, 3.05) is 6.61 Å². The molecule has 5 nitrogen and oxygen atoms in total. The van der Waals surface area contributed by atoms with Crippen LogP contribution in [0.3, 0.4) is 0 Å². The minimum absolute atomic E-state index is 0.0367. The predicted octanol–water partition coefficient (Wildman–Crippen LogP) is 3.33. The number of nitrogens with zero attached hydrogens (tertiary/aromatic N) is 3. The van der Waals surface area contributed by atoms with Crippen molar-refractivity contribution in [2.24, 2.45) is 5.10 Å². The van der Waals surface area contributed by atoms with Crippen molar-refractivity contribution in [3.63, 3.8) is 0 Å². The molecule has 1 N–H and O–H groups in total. The Hall–Kier alpha value is -1.50. The maximum Gasteiger partial charge on any atom is 0.216 e. The van der Waals surface area contributed by atoms with Crippen molar-refractivity contribution in [3.8, 4) is 0 Å². The fraction of sp³-hybridized carbons (Fsp3) is 0.308. The highest BCUT2D eigenvalue weighted by Gasteiger charge is 2.23. The summed E-state index contributed by atoms with van der Waals surface area (Å²) in [4.78, 5) is 0. The molecule has 0 unspecified atom stereocenters. The van der Waals surface area contributed by atoms with Gasteiger partial charge in [-0.25, -0.2) is 0 Å². The van der Waals surface area contributed by atoms with Gasteiger partial charge in [-0.05, 0) is 42.8 Å². The van der Waals surface area contributed by atoms with Crippen LogP contribution in [0.1, 0.15) is 30.3 Å². The van der Waals surface area contributed by atoms with E-state index in [0.717, 1.165) is 30.8 Å². The third-order valence-electron chi connectivity index (χ3n) is 3.09. The molecule has 1 fully saturated rings. The van der Waals surface area contributed by atoms with E-state index in [0.29, 0.717) is 9.79 Å². The lowest BCUT2D eigenvalue weighted by atomic mass is 10.2. The lowest BCUT2D eigenvalue weighted by Crippen LogP contribution is -2.05. The Labute approximate surface area is 126 Å². The van der Waals surface area contributed by atoms with Crippen LogP contribution in [0.4, 0.5) is 0 Å². The number of aromatic amines is 1. The molecule has 1 aromatic heterocycles. The Morgan fingerprint density at radius 1 is 1.45 bits per heavy atom. The zero-order valence-corrected chi connectivity index (χ0v) is 12.2. The molecule has 2 aromatic rings. The lowest BCUT2D eigenvalue weighted by Gasteiger charge is -2.07. The molecule has 0 radical (unpaired) electrons. The summed E-state index contributed by atoms with van der Waals surface area (Å²) in [5.74, 6) is 0.720. The minimum atomic E-state index is -0.0367. The average molecular weight is 309 g/mol. The molecule has 0 saturated carbocycles. The van der Waals surface area contributed by atoms with Crippen LogP contribution in [0.5, 0.6) is 0 Å². The SMILES string of the molecule is S=c1[nH]nc([C@H]2CCCO2)n1/N=C\c1ccc(Cl)cc1. The molecule has 2 heterocycles. The van der Waals surface area contributed by atoms with Gasteiger partial charge < -0.3 is 4.74 Å². The summed E-state index contributed by atoms with van der Waals surface area (Å²) in [6.07, 6.45) is 3.66. The molecule has 0 amide bonds. The van der Waals surface area contributed by atoms with E-state index in [9.17, 15) is 0 Å². The van der Waals surface area contributed by atoms with E-state index in [4.69, 9.17) is 28.6 Å². The average Bonchev–Trinajstić information content (AvgIpc) is 3.08. The van der Waals surface area contributed by atoms with E-state index in [-0.39, 0.29) is 6.10 Å². The monoisotopic (exact) mass is 308 g/mol. The summed E-state index contributed by atoms with van der Waals surface area (Å²) < 4.78 is 7.69. The van der Waals surface area contributed by atoms with Gasteiger partial charge in [0.25, 0.3) is 0 Å². The quantitative estimate of drug-likeness (QED) is 0.699. The molecule has 0 aliphatic carbocycles. The van der Waals surface area contributed by atoms with Gasteiger partial charge in [0.15, 0.2) is 5.82 Å². The molecule has 0 spiro atoms. The first kappa shape index (κ1) is 13.5. The van der Waals surface area contributed by atoms with Crippen molar-refractivity contribution < 1.29 is 4.74 Å². The maximum atomic E-state index is 5.85. The number of aromatic nitrogens is 3. The van der Waals surface area contributed by atoms with E-state index < -0.39 is 0 Å². The number of halogens is 1. The normalized spacial score (nSPS) is 18.9. The molecule has 7 heteroatoms. The van der Waals surface area contributed by atoms with Crippen LogP contribution in [0.15, 0.2) is 29.4 Å². The Kier molecular flexibility index (Phi) is 3.95. The lowest BCUT2D eigenvalue weighted by molar-refractivity contribution is 0.102. The second kappa shape index (κ2) is 5.87. The fourth-order valence-electron chi connectivity index (χ4n) is 2.08. The largest absolute Gasteiger partial charge is 0.370 e. The number of nitrogens with one attached hydrogen (secondary N) is 1. The third-order valence-corrected chi connectivity index (χ3v) is 3.60. The van der Waals surface area contributed by atoms with Crippen LogP contribution in [-0.4, -0.2) is 27.7 Å². The zero-order valence-electron chi connectivity index (χ0n) is 10.6. The van der Waals surface area contributed by atoms with E-state index in [1.807, 2.05) is 24.3 Å². The van der Waals surface area contributed by atoms with Crippen LogP contribution in [0, 0.1) is 4.77 Å². The third kappa shape index (κ3) is 2.82. The standard InChI is InChI=1S/C13H13ClN4OS/c14-10-5-3-9(4-6-10)8-15-18-12(16-17-13(18)20)11-2-1-7-19-11/h3-6,8,11H,1-2,7H2,(H,17,20)/b15-8-/t11-/m1/s1. The molecule has 0 bridgehead atoms. The minimum Gasteiger partial charge on any atom is -0.370 e. The van der Waals surface area contributed by atoms with Gasteiger partial charge in [-0.3, -0.25) is 5.10 Å². The van der Waals surface area contributed by atoms with E-state index in [1.165, 1.54) is 0 Å². The van der Waals surface area contributed by atoms with Gasteiger partial charge in [-0.2, -0.15) is 14.9 Å². The highest BCUT2D eigenvalue weighted by atomic mass is 35.5. The molecule has 1 atom stereocenters. The summed E-state index contributed by atoms with van der Waals surface area (Å²) in [7, 11) is 0. The van der Waals surface area contributed by atoms with E-state index >= 15 is 0 Å². The zero-order chi connectivity index (χ0) is 13.9. The molecular weight excluding hydrogens is 296 g/mol. The summed E-state index contributed by atoms with van der Waals surface area (Å²) in [6, 6.07) is 7.42. The highest BCUT2D eigenvalue weighted by Crippen LogP contribution is 2.26. The van der Waals surface area contributed by atoms with E-state index in [2.05, 4.69) is 15.3 Å². The number of rotatable bonds is 3. The number of benzene rings is 1. The van der Waals surface area contributed by atoms with Crippen LogP contribution in [-0.2, 0) is 4.74 Å². The van der Waals surface area contributed by atoms with Crippen LogP contribution >= 0.6 is 23.8 Å². The molecule has 1 saturated heterocycles. The van der Waals surface area contributed by atoms with Gasteiger partial charge in [-0.1, -0.05) is 23.7 Å². The first-order valence-electron chi connectivity index (χ1n) is 6.33. The number of ether oxygens (including phenoxy) is 1. The number of hydrogen-bond donors (Lipinski definition) is 1. The summed E-state index contributed by atoms with van der Waals surface area (Å²) in [5, 5.41) is 12.0. The molecule has 1 aliphatic rings. The molecule has 1 aliphatic heterocycles. The predicted molar refractivity (Wildman–Crippen MR) is 79.8 cm³/mol. The van der Waals surface area contributed by atoms with Crippen molar-refractivity contribution in [1.29, 1.82) is 0 Å². The molecule has 104 valence electrons. The second-order valence-electron chi connectivity index (χ2n) is 4.50. The maximum absolute atomic E-state index is 5.85. The van der Waals surface area contributed by atoms with Gasteiger partial charge in [0.1, 0.15) is 6.10 Å². The Morgan fingerprint density at radius 3 is 2.95 bits per heavy atom. The highest BCUT2D eigenvalue weighted by molar-refractivity contribution is 7.71. The van der Waals surface area contributed by atoms with Crippen molar-refractivity contribution in [1.82, 2.24) is 14.9 Å². The fourth-order valence-corrected chi connectivity index (χ4v) is 2.39. The van der Waals surface area contributed by atoms with Crippen molar-refractivity contribution >= 4 is 30.0 Å². The van der Waals surface area contributed by atoms with Crippen molar-refractivity contribution in [3.05, 3.63) is 45.4 Å². The van der Waals surface area contributed by atoms with Gasteiger partial charge in [0.2, 0.25) is 4.77 Å². The van der Waals surface area contributed by atoms with Crippen LogP contribution in [0.2, 0.25) is 5.02 Å². The van der Waals surface area contributed by atoms with Gasteiger partial charge in [0.05, 0.1) is 6.21 Å². The topological polar surface area (TPSA) is 55.2 Å². The molecule has 3 rings (SSSR count). The van der Waals surface area contributed by atoms with Gasteiger partial charge >= 0.3 is 0 Å². The second-order valence-corrected chi connectivity index (χ2v) is 5.32.